The van der Waals surface area contributed by atoms with E-state index in [2.05, 4.69) is 10.4 Å². The van der Waals surface area contributed by atoms with Crippen LogP contribution in [0.15, 0.2) is 6.07 Å². The van der Waals surface area contributed by atoms with Crippen LogP contribution in [0.5, 0.6) is 0 Å². The Kier molecular flexibility index (Phi) is 6.76. The fourth-order valence-corrected chi connectivity index (χ4v) is 1.96. The van der Waals surface area contributed by atoms with Gasteiger partial charge >= 0.3 is 5.97 Å². The van der Waals surface area contributed by atoms with E-state index in [-0.39, 0.29) is 12.3 Å². The van der Waals surface area contributed by atoms with Gasteiger partial charge in [0.25, 0.3) is 5.91 Å². The Bertz CT molecular complexity index is 455. The number of hydrogen-bond donors (Lipinski definition) is 2. The SMILES string of the molecule is CCc1cc(C(=O)NCCCCCCC(=O)O)n(C)n1. The first-order valence-electron chi connectivity index (χ1n) is 7.07. The Balaban J connectivity index is 2.20. The third kappa shape index (κ3) is 5.42. The van der Waals surface area contributed by atoms with Crippen LogP contribution in [0.4, 0.5) is 0 Å². The lowest BCUT2D eigenvalue weighted by Gasteiger charge is -2.05. The second-order valence-corrected chi connectivity index (χ2v) is 4.81. The summed E-state index contributed by atoms with van der Waals surface area (Å²) >= 11 is 0. The third-order valence-corrected chi connectivity index (χ3v) is 3.13. The number of rotatable bonds is 9. The van der Waals surface area contributed by atoms with Gasteiger partial charge in [0.15, 0.2) is 0 Å². The first-order valence-corrected chi connectivity index (χ1v) is 7.07. The van der Waals surface area contributed by atoms with E-state index < -0.39 is 5.97 Å². The van der Waals surface area contributed by atoms with Crippen molar-refractivity contribution in [1.29, 1.82) is 0 Å². The van der Waals surface area contributed by atoms with Crippen molar-refractivity contribution in [3.63, 3.8) is 0 Å². The highest BCUT2D eigenvalue weighted by Gasteiger charge is 2.11. The Morgan fingerprint density at radius 2 is 2.00 bits per heavy atom. The number of carboxylic acids is 1. The number of carbonyl (C=O) groups is 2. The summed E-state index contributed by atoms with van der Waals surface area (Å²) in [5, 5.41) is 15.6. The van der Waals surface area contributed by atoms with Gasteiger partial charge < -0.3 is 10.4 Å². The van der Waals surface area contributed by atoms with Crippen molar-refractivity contribution in [3.8, 4) is 0 Å². The normalized spacial score (nSPS) is 10.5. The smallest absolute Gasteiger partial charge is 0.303 e. The van der Waals surface area contributed by atoms with E-state index in [1.54, 1.807) is 11.7 Å². The summed E-state index contributed by atoms with van der Waals surface area (Å²) in [6, 6.07) is 1.81. The van der Waals surface area contributed by atoms with Crippen LogP contribution in [0.1, 0.15) is 55.2 Å². The number of nitrogens with one attached hydrogen (secondary N) is 1. The van der Waals surface area contributed by atoms with Crippen LogP contribution in [0.2, 0.25) is 0 Å². The summed E-state index contributed by atoms with van der Waals surface area (Å²) < 4.78 is 1.60. The lowest BCUT2D eigenvalue weighted by atomic mass is 10.1. The fourth-order valence-electron chi connectivity index (χ4n) is 1.96. The summed E-state index contributed by atoms with van der Waals surface area (Å²) in [7, 11) is 1.76. The minimum absolute atomic E-state index is 0.106. The number of aromatic nitrogens is 2. The molecule has 0 bridgehead atoms. The number of aliphatic carboxylic acids is 1. The quantitative estimate of drug-likeness (QED) is 0.675. The van der Waals surface area contributed by atoms with Crippen LogP contribution in [0.25, 0.3) is 0 Å². The van der Waals surface area contributed by atoms with Crippen molar-refractivity contribution in [3.05, 3.63) is 17.5 Å². The first-order chi connectivity index (χ1) is 9.54. The molecule has 0 aliphatic carbocycles. The molecule has 1 aromatic rings. The van der Waals surface area contributed by atoms with Gasteiger partial charge in [-0.3, -0.25) is 14.3 Å². The van der Waals surface area contributed by atoms with Crippen LogP contribution >= 0.6 is 0 Å². The number of aryl methyl sites for hydroxylation is 2. The Morgan fingerprint density at radius 3 is 2.60 bits per heavy atom. The summed E-state index contributed by atoms with van der Waals surface area (Å²) in [6.45, 7) is 2.61. The van der Waals surface area contributed by atoms with Gasteiger partial charge in [0.2, 0.25) is 0 Å². The molecule has 0 fully saturated rings. The van der Waals surface area contributed by atoms with Gasteiger partial charge in [-0.25, -0.2) is 0 Å². The van der Waals surface area contributed by atoms with Crippen molar-refractivity contribution in [2.75, 3.05) is 6.54 Å². The van der Waals surface area contributed by atoms with Crippen molar-refractivity contribution in [2.45, 2.75) is 45.4 Å². The van der Waals surface area contributed by atoms with Gasteiger partial charge in [-0.05, 0) is 25.3 Å². The highest BCUT2D eigenvalue weighted by atomic mass is 16.4. The summed E-state index contributed by atoms with van der Waals surface area (Å²) in [6.07, 6.45) is 4.41. The maximum absolute atomic E-state index is 11.9. The van der Waals surface area contributed by atoms with Gasteiger partial charge in [-0.15, -0.1) is 0 Å². The maximum Gasteiger partial charge on any atom is 0.303 e. The van der Waals surface area contributed by atoms with Gasteiger partial charge in [0, 0.05) is 20.0 Å². The lowest BCUT2D eigenvalue weighted by molar-refractivity contribution is -0.137. The molecule has 0 aliphatic rings. The zero-order valence-corrected chi connectivity index (χ0v) is 12.2. The number of amides is 1. The lowest BCUT2D eigenvalue weighted by Crippen LogP contribution is -2.26. The molecular weight excluding hydrogens is 258 g/mol. The van der Waals surface area contributed by atoms with E-state index in [0.29, 0.717) is 18.7 Å². The van der Waals surface area contributed by atoms with E-state index in [9.17, 15) is 9.59 Å². The molecule has 0 aromatic carbocycles. The zero-order chi connectivity index (χ0) is 15.0. The van der Waals surface area contributed by atoms with Gasteiger partial charge in [0.05, 0.1) is 5.69 Å². The molecule has 1 rings (SSSR count). The van der Waals surface area contributed by atoms with E-state index in [0.717, 1.165) is 31.4 Å². The van der Waals surface area contributed by atoms with Crippen LogP contribution in [0.3, 0.4) is 0 Å². The molecule has 0 saturated carbocycles. The maximum atomic E-state index is 11.9. The molecule has 0 atom stereocenters. The molecule has 6 nitrogen and oxygen atoms in total. The second kappa shape index (κ2) is 8.35. The number of carbonyl (C=O) groups excluding carboxylic acids is 1. The second-order valence-electron chi connectivity index (χ2n) is 4.81. The first kappa shape index (κ1) is 16.2. The van der Waals surface area contributed by atoms with Gasteiger partial charge in [0.1, 0.15) is 5.69 Å². The van der Waals surface area contributed by atoms with E-state index >= 15 is 0 Å². The molecule has 1 amide bonds. The van der Waals surface area contributed by atoms with Crippen LogP contribution in [-0.2, 0) is 18.3 Å². The average molecular weight is 281 g/mol. The number of unbranched alkanes of at least 4 members (excludes halogenated alkanes) is 3. The molecule has 6 heteroatoms. The van der Waals surface area contributed by atoms with E-state index in [4.69, 9.17) is 5.11 Å². The van der Waals surface area contributed by atoms with Crippen molar-refractivity contribution < 1.29 is 14.7 Å². The highest BCUT2D eigenvalue weighted by Crippen LogP contribution is 2.05. The number of nitrogens with zero attached hydrogens (tertiary/aromatic N) is 2. The number of carboxylic acid groups (broad SMARTS) is 1. The van der Waals surface area contributed by atoms with Crippen LogP contribution in [-0.4, -0.2) is 33.3 Å². The number of hydrogen-bond acceptors (Lipinski definition) is 3. The van der Waals surface area contributed by atoms with Crippen molar-refractivity contribution in [1.82, 2.24) is 15.1 Å². The summed E-state index contributed by atoms with van der Waals surface area (Å²) in [5.41, 5.74) is 1.49. The topological polar surface area (TPSA) is 84.2 Å². The minimum Gasteiger partial charge on any atom is -0.481 e. The molecule has 0 radical (unpaired) electrons. The molecule has 2 N–H and O–H groups in total. The Hall–Kier alpha value is -1.85. The van der Waals surface area contributed by atoms with Crippen molar-refractivity contribution >= 4 is 11.9 Å². The average Bonchev–Trinajstić information content (AvgIpc) is 2.78. The molecular formula is C14H23N3O3. The molecule has 0 saturated heterocycles. The van der Waals surface area contributed by atoms with Crippen LogP contribution < -0.4 is 5.32 Å². The zero-order valence-electron chi connectivity index (χ0n) is 12.2. The molecule has 112 valence electrons. The molecule has 0 unspecified atom stereocenters. The monoisotopic (exact) mass is 281 g/mol. The van der Waals surface area contributed by atoms with E-state index in [1.165, 1.54) is 0 Å². The largest absolute Gasteiger partial charge is 0.481 e. The molecule has 0 spiro atoms. The van der Waals surface area contributed by atoms with Gasteiger partial charge in [-0.1, -0.05) is 19.8 Å². The molecule has 1 heterocycles. The Morgan fingerprint density at radius 1 is 1.30 bits per heavy atom. The van der Waals surface area contributed by atoms with Crippen LogP contribution in [0, 0.1) is 0 Å². The summed E-state index contributed by atoms with van der Waals surface area (Å²) in [5.74, 6) is -0.855. The Labute approximate surface area is 119 Å². The fraction of sp³-hybridized carbons (Fsp3) is 0.643. The van der Waals surface area contributed by atoms with Gasteiger partial charge in [-0.2, -0.15) is 5.10 Å². The molecule has 0 aliphatic heterocycles. The highest BCUT2D eigenvalue weighted by molar-refractivity contribution is 5.92. The third-order valence-electron chi connectivity index (χ3n) is 3.13. The molecule has 20 heavy (non-hydrogen) atoms. The van der Waals surface area contributed by atoms with Crippen molar-refractivity contribution in [2.24, 2.45) is 7.05 Å². The minimum atomic E-state index is -0.749. The predicted molar refractivity (Wildman–Crippen MR) is 75.6 cm³/mol. The molecule has 1 aromatic heterocycles. The predicted octanol–water partition coefficient (Wildman–Crippen LogP) is 1.75. The summed E-state index contributed by atoms with van der Waals surface area (Å²) in [4.78, 5) is 22.3. The van der Waals surface area contributed by atoms with E-state index in [1.807, 2.05) is 13.0 Å². The standard InChI is InChI=1S/C14H23N3O3/c1-3-11-10-12(17(2)16-11)14(20)15-9-7-5-4-6-8-13(18)19/h10H,3-9H2,1-2H3,(H,15,20)(H,18,19).